The largest absolute Gasteiger partial charge is 0.494 e. The molecular formula is C24H17NO2. The number of para-hydroxylation sites is 1. The number of hydrogen-bond donors (Lipinski definition) is 2. The van der Waals surface area contributed by atoms with E-state index in [0.717, 1.165) is 16.8 Å². The Kier molecular flexibility index (Phi) is 2.74. The van der Waals surface area contributed by atoms with Crippen molar-refractivity contribution >= 4 is 0 Å². The highest BCUT2D eigenvalue weighted by molar-refractivity contribution is 5.73. The minimum Gasteiger partial charge on any atom is -0.494 e. The number of aromatic nitrogens is 1. The lowest BCUT2D eigenvalue weighted by molar-refractivity contribution is 0.399. The summed E-state index contributed by atoms with van der Waals surface area (Å²) in [5, 5.41) is 22.4. The zero-order valence-electron chi connectivity index (χ0n) is 14.5. The fourth-order valence-electron chi connectivity index (χ4n) is 5.00. The van der Waals surface area contributed by atoms with E-state index in [0.29, 0.717) is 0 Å². The van der Waals surface area contributed by atoms with E-state index in [2.05, 4.69) is 24.3 Å². The van der Waals surface area contributed by atoms with Crippen LogP contribution in [-0.4, -0.2) is 14.8 Å². The maximum absolute atomic E-state index is 11.2. The molecule has 0 amide bonds. The second-order valence-corrected chi connectivity index (χ2v) is 7.27. The van der Waals surface area contributed by atoms with Gasteiger partial charge in [-0.25, -0.2) is 0 Å². The highest BCUT2D eigenvalue weighted by atomic mass is 16.3. The minimum absolute atomic E-state index is 0.0618. The van der Waals surface area contributed by atoms with Crippen molar-refractivity contribution in [3.63, 3.8) is 0 Å². The third-order valence-electron chi connectivity index (χ3n) is 6.02. The SMILES string of the molecule is Oc1c2c(c(O)n1-c1ccccc1)C1c3ccccc3C2c2ccccc21. The molecule has 0 atom stereocenters. The Morgan fingerprint density at radius 3 is 1.30 bits per heavy atom. The Hall–Kier alpha value is -3.46. The molecule has 3 aliphatic carbocycles. The quantitative estimate of drug-likeness (QED) is 0.444. The van der Waals surface area contributed by atoms with Gasteiger partial charge in [-0.3, -0.25) is 4.57 Å². The van der Waals surface area contributed by atoms with E-state index in [4.69, 9.17) is 0 Å². The van der Waals surface area contributed by atoms with Crippen molar-refractivity contribution in [2.24, 2.45) is 0 Å². The molecule has 2 N–H and O–H groups in total. The molecule has 3 heteroatoms. The molecule has 0 saturated carbocycles. The Labute approximate surface area is 156 Å². The average Bonchev–Trinajstić information content (AvgIpc) is 3.00. The molecule has 1 aromatic heterocycles. The van der Waals surface area contributed by atoms with Gasteiger partial charge in [0.25, 0.3) is 0 Å². The van der Waals surface area contributed by atoms with Gasteiger partial charge in [-0.15, -0.1) is 0 Å². The molecule has 130 valence electrons. The van der Waals surface area contributed by atoms with Gasteiger partial charge in [0.05, 0.1) is 5.69 Å². The Morgan fingerprint density at radius 2 is 0.889 bits per heavy atom. The summed E-state index contributed by atoms with van der Waals surface area (Å²) < 4.78 is 1.57. The maximum Gasteiger partial charge on any atom is 0.203 e. The first kappa shape index (κ1) is 14.7. The summed E-state index contributed by atoms with van der Waals surface area (Å²) >= 11 is 0. The molecule has 27 heavy (non-hydrogen) atoms. The molecule has 0 aliphatic heterocycles. The van der Waals surface area contributed by atoms with E-state index >= 15 is 0 Å². The number of hydrogen-bond acceptors (Lipinski definition) is 2. The summed E-state index contributed by atoms with van der Waals surface area (Å²) in [5.41, 5.74) is 7.29. The van der Waals surface area contributed by atoms with Gasteiger partial charge in [-0.2, -0.15) is 0 Å². The fourth-order valence-corrected chi connectivity index (χ4v) is 5.00. The highest BCUT2D eigenvalue weighted by Crippen LogP contribution is 2.61. The summed E-state index contributed by atoms with van der Waals surface area (Å²) in [6.07, 6.45) is 0. The molecule has 2 bridgehead atoms. The summed E-state index contributed by atoms with van der Waals surface area (Å²) in [5.74, 6) is 0.141. The van der Waals surface area contributed by atoms with Crippen LogP contribution in [0.1, 0.15) is 45.2 Å². The van der Waals surface area contributed by atoms with Crippen molar-refractivity contribution in [1.29, 1.82) is 0 Å². The standard InChI is InChI=1S/C24H17NO2/c26-23-21-19-15-10-4-5-11-16(15)20(18-13-7-6-12-17(18)19)22(21)24(27)25(23)14-8-2-1-3-9-14/h1-13,19-20,26-27H. The molecule has 7 rings (SSSR count). The zero-order valence-corrected chi connectivity index (χ0v) is 14.5. The number of aromatic hydroxyl groups is 2. The topological polar surface area (TPSA) is 45.4 Å². The lowest BCUT2D eigenvalue weighted by Crippen LogP contribution is -2.26. The van der Waals surface area contributed by atoms with Gasteiger partial charge in [0.15, 0.2) is 0 Å². The van der Waals surface area contributed by atoms with Crippen LogP contribution in [0.25, 0.3) is 5.69 Å². The normalized spacial score (nSPS) is 18.7. The van der Waals surface area contributed by atoms with Crippen molar-refractivity contribution < 1.29 is 10.2 Å². The molecule has 3 aliphatic rings. The van der Waals surface area contributed by atoms with Crippen LogP contribution < -0.4 is 0 Å². The van der Waals surface area contributed by atoms with Gasteiger partial charge >= 0.3 is 0 Å². The van der Waals surface area contributed by atoms with Crippen molar-refractivity contribution in [3.8, 4) is 17.4 Å². The summed E-state index contributed by atoms with van der Waals surface area (Å²) in [6.45, 7) is 0. The van der Waals surface area contributed by atoms with Crippen LogP contribution in [0.4, 0.5) is 0 Å². The molecule has 0 fully saturated rings. The molecule has 0 unspecified atom stereocenters. The van der Waals surface area contributed by atoms with Gasteiger partial charge in [0.2, 0.25) is 11.8 Å². The molecule has 1 heterocycles. The molecule has 4 aromatic rings. The molecule has 3 aromatic carbocycles. The van der Waals surface area contributed by atoms with Gasteiger partial charge in [-0.1, -0.05) is 66.7 Å². The Morgan fingerprint density at radius 1 is 0.519 bits per heavy atom. The van der Waals surface area contributed by atoms with Crippen LogP contribution in [0.2, 0.25) is 0 Å². The third-order valence-corrected chi connectivity index (χ3v) is 6.02. The Bertz CT molecular complexity index is 1090. The molecule has 3 nitrogen and oxygen atoms in total. The first-order valence-corrected chi connectivity index (χ1v) is 9.17. The highest BCUT2D eigenvalue weighted by Gasteiger charge is 2.46. The monoisotopic (exact) mass is 351 g/mol. The number of benzene rings is 3. The van der Waals surface area contributed by atoms with Crippen molar-refractivity contribution in [1.82, 2.24) is 4.57 Å². The van der Waals surface area contributed by atoms with Crippen LogP contribution in [0.3, 0.4) is 0 Å². The van der Waals surface area contributed by atoms with Crippen LogP contribution >= 0.6 is 0 Å². The average molecular weight is 351 g/mol. The zero-order chi connectivity index (χ0) is 18.1. The van der Waals surface area contributed by atoms with Gasteiger partial charge in [-0.05, 0) is 34.4 Å². The smallest absolute Gasteiger partial charge is 0.203 e. The molecule has 0 radical (unpaired) electrons. The van der Waals surface area contributed by atoms with Gasteiger partial charge < -0.3 is 10.2 Å². The first-order chi connectivity index (χ1) is 13.3. The predicted octanol–water partition coefficient (Wildman–Crippen LogP) is 4.88. The van der Waals surface area contributed by atoms with Crippen LogP contribution in [0.15, 0.2) is 78.9 Å². The summed E-state index contributed by atoms with van der Waals surface area (Å²) in [4.78, 5) is 0. The van der Waals surface area contributed by atoms with E-state index in [-0.39, 0.29) is 23.6 Å². The fraction of sp³-hybridized carbons (Fsp3) is 0.0833. The van der Waals surface area contributed by atoms with Crippen molar-refractivity contribution in [3.05, 3.63) is 112 Å². The van der Waals surface area contributed by atoms with Crippen LogP contribution in [0, 0.1) is 0 Å². The lowest BCUT2D eigenvalue weighted by Gasteiger charge is -2.40. The second-order valence-electron chi connectivity index (χ2n) is 7.27. The second kappa shape index (κ2) is 5.04. The minimum atomic E-state index is -0.0618. The van der Waals surface area contributed by atoms with Crippen molar-refractivity contribution in [2.45, 2.75) is 11.8 Å². The summed E-state index contributed by atoms with van der Waals surface area (Å²) in [6, 6.07) is 26.3. The summed E-state index contributed by atoms with van der Waals surface area (Å²) in [7, 11) is 0. The lowest BCUT2D eigenvalue weighted by atomic mass is 9.62. The van der Waals surface area contributed by atoms with E-state index < -0.39 is 0 Å². The molecule has 0 saturated heterocycles. The maximum atomic E-state index is 11.2. The van der Waals surface area contributed by atoms with E-state index in [1.807, 2.05) is 54.6 Å². The Balaban J connectivity index is 1.72. The van der Waals surface area contributed by atoms with E-state index in [9.17, 15) is 10.2 Å². The first-order valence-electron chi connectivity index (χ1n) is 9.17. The molecule has 0 spiro atoms. The van der Waals surface area contributed by atoms with Crippen LogP contribution in [-0.2, 0) is 0 Å². The van der Waals surface area contributed by atoms with E-state index in [1.165, 1.54) is 22.3 Å². The van der Waals surface area contributed by atoms with Crippen molar-refractivity contribution in [2.75, 3.05) is 0 Å². The van der Waals surface area contributed by atoms with Crippen LogP contribution in [0.5, 0.6) is 11.8 Å². The number of nitrogens with zero attached hydrogens (tertiary/aromatic N) is 1. The van der Waals surface area contributed by atoms with E-state index in [1.54, 1.807) is 4.57 Å². The number of rotatable bonds is 1. The predicted molar refractivity (Wildman–Crippen MR) is 104 cm³/mol. The van der Waals surface area contributed by atoms with Gasteiger partial charge in [0, 0.05) is 23.0 Å². The third kappa shape index (κ3) is 1.71. The van der Waals surface area contributed by atoms with Gasteiger partial charge in [0.1, 0.15) is 0 Å². The molecular weight excluding hydrogens is 334 g/mol.